The van der Waals surface area contributed by atoms with Crippen molar-refractivity contribution < 1.29 is 13.6 Å². The molecule has 0 amide bonds. The third-order valence-corrected chi connectivity index (χ3v) is 6.48. The van der Waals surface area contributed by atoms with E-state index in [9.17, 15) is 4.57 Å². The van der Waals surface area contributed by atoms with Crippen LogP contribution in [0.2, 0.25) is 0 Å². The number of aromatic nitrogens is 1. The molecule has 2 aromatic carbocycles. The van der Waals surface area contributed by atoms with Crippen LogP contribution in [0.25, 0.3) is 10.9 Å². The fraction of sp³-hybridized carbons (Fsp3) is 0.300. The quantitative estimate of drug-likeness (QED) is 0.487. The van der Waals surface area contributed by atoms with Crippen molar-refractivity contribution in [2.45, 2.75) is 26.6 Å². The van der Waals surface area contributed by atoms with Crippen molar-refractivity contribution in [3.05, 3.63) is 65.9 Å². The van der Waals surface area contributed by atoms with Crippen LogP contribution in [0, 0.1) is 6.92 Å². The Morgan fingerprint density at radius 1 is 1.04 bits per heavy atom. The standard InChI is InChI=1S/C20H25N2O3P/c1-4-24-26(23,25-5-2)20(22-16-12-10-15(3)11-13-16)18-14-21-19-9-7-6-8-17(18)19/h6-14,20-22H,4-5H2,1-3H3/t20-/m0/s1. The van der Waals surface area contributed by atoms with Gasteiger partial charge in [0.2, 0.25) is 0 Å². The van der Waals surface area contributed by atoms with E-state index >= 15 is 0 Å². The molecule has 0 aliphatic rings. The summed E-state index contributed by atoms with van der Waals surface area (Å²) in [5.41, 5.74) is 3.88. The first kappa shape index (κ1) is 18.7. The summed E-state index contributed by atoms with van der Waals surface area (Å²) in [5, 5.41) is 4.37. The first-order valence-corrected chi connectivity index (χ1v) is 10.5. The van der Waals surface area contributed by atoms with E-state index in [1.165, 1.54) is 0 Å². The minimum atomic E-state index is -3.43. The minimum absolute atomic E-state index is 0.311. The summed E-state index contributed by atoms with van der Waals surface area (Å²) in [6.45, 7) is 6.30. The number of anilines is 1. The lowest BCUT2D eigenvalue weighted by Crippen LogP contribution is -2.15. The fourth-order valence-electron chi connectivity index (χ4n) is 3.00. The van der Waals surface area contributed by atoms with Crippen molar-refractivity contribution in [1.82, 2.24) is 4.98 Å². The normalized spacial score (nSPS) is 13.0. The zero-order valence-corrected chi connectivity index (χ0v) is 16.3. The van der Waals surface area contributed by atoms with Crippen molar-refractivity contribution in [3.8, 4) is 0 Å². The van der Waals surface area contributed by atoms with Gasteiger partial charge in [-0.3, -0.25) is 4.57 Å². The van der Waals surface area contributed by atoms with Gasteiger partial charge in [0.05, 0.1) is 13.2 Å². The Morgan fingerprint density at radius 3 is 2.35 bits per heavy atom. The van der Waals surface area contributed by atoms with Gasteiger partial charge in [-0.1, -0.05) is 35.9 Å². The van der Waals surface area contributed by atoms with Gasteiger partial charge in [-0.15, -0.1) is 0 Å². The van der Waals surface area contributed by atoms with Crippen molar-refractivity contribution in [1.29, 1.82) is 0 Å². The van der Waals surface area contributed by atoms with Crippen molar-refractivity contribution in [2.24, 2.45) is 0 Å². The van der Waals surface area contributed by atoms with Gasteiger partial charge in [-0.25, -0.2) is 0 Å². The number of fused-ring (bicyclic) bond motifs is 1. The molecule has 0 saturated carbocycles. The van der Waals surface area contributed by atoms with Gasteiger partial charge in [0.15, 0.2) is 5.78 Å². The smallest absolute Gasteiger partial charge is 0.357 e. The highest BCUT2D eigenvalue weighted by molar-refractivity contribution is 7.54. The average Bonchev–Trinajstić information content (AvgIpc) is 3.05. The van der Waals surface area contributed by atoms with E-state index in [1.54, 1.807) is 0 Å². The topological polar surface area (TPSA) is 63.4 Å². The second-order valence-corrected chi connectivity index (χ2v) is 8.19. The fourth-order valence-corrected chi connectivity index (χ4v) is 4.96. The molecule has 5 nitrogen and oxygen atoms in total. The molecule has 1 atom stereocenters. The summed E-state index contributed by atoms with van der Waals surface area (Å²) in [6, 6.07) is 15.9. The maximum atomic E-state index is 13.6. The average molecular weight is 372 g/mol. The summed E-state index contributed by atoms with van der Waals surface area (Å²) in [7, 11) is -3.43. The molecule has 0 aliphatic carbocycles. The van der Waals surface area contributed by atoms with Gasteiger partial charge < -0.3 is 19.3 Å². The predicted molar refractivity (Wildman–Crippen MR) is 107 cm³/mol. The summed E-state index contributed by atoms with van der Waals surface area (Å²) >= 11 is 0. The second-order valence-electron chi connectivity index (χ2n) is 6.08. The van der Waals surface area contributed by atoms with Crippen LogP contribution in [-0.2, 0) is 13.6 Å². The molecule has 0 aliphatic heterocycles. The van der Waals surface area contributed by atoms with Crippen molar-refractivity contribution in [3.63, 3.8) is 0 Å². The van der Waals surface area contributed by atoms with Crippen LogP contribution < -0.4 is 5.32 Å². The maximum absolute atomic E-state index is 13.6. The highest BCUT2D eigenvalue weighted by Gasteiger charge is 2.38. The van der Waals surface area contributed by atoms with Crippen LogP contribution >= 0.6 is 7.60 Å². The molecule has 0 unspecified atom stereocenters. The lowest BCUT2D eigenvalue weighted by Gasteiger charge is -2.28. The number of para-hydroxylation sites is 1. The Labute approximate surface area is 154 Å². The summed E-state index contributed by atoms with van der Waals surface area (Å²) in [5.74, 6) is -0.610. The van der Waals surface area contributed by atoms with Crippen LogP contribution in [0.1, 0.15) is 30.8 Å². The first-order chi connectivity index (χ1) is 12.6. The molecule has 0 saturated heterocycles. The number of aryl methyl sites for hydroxylation is 1. The van der Waals surface area contributed by atoms with Crippen molar-refractivity contribution in [2.75, 3.05) is 18.5 Å². The molecule has 0 radical (unpaired) electrons. The molecule has 0 spiro atoms. The van der Waals surface area contributed by atoms with E-state index in [0.29, 0.717) is 13.2 Å². The first-order valence-electron chi connectivity index (χ1n) is 8.85. The molecule has 0 fully saturated rings. The number of hydrogen-bond donors (Lipinski definition) is 2. The molecular weight excluding hydrogens is 347 g/mol. The van der Waals surface area contributed by atoms with Crippen LogP contribution in [0.4, 0.5) is 5.69 Å². The Morgan fingerprint density at radius 2 is 1.69 bits per heavy atom. The monoisotopic (exact) mass is 372 g/mol. The van der Waals surface area contributed by atoms with E-state index in [4.69, 9.17) is 9.05 Å². The summed E-state index contributed by atoms with van der Waals surface area (Å²) < 4.78 is 24.9. The minimum Gasteiger partial charge on any atom is -0.368 e. The summed E-state index contributed by atoms with van der Waals surface area (Å²) in [4.78, 5) is 3.25. The molecular formula is C20H25N2O3P. The third kappa shape index (κ3) is 3.85. The highest BCUT2D eigenvalue weighted by atomic mass is 31.2. The van der Waals surface area contributed by atoms with Gasteiger partial charge in [-0.05, 0) is 39.0 Å². The van der Waals surface area contributed by atoms with Crippen LogP contribution in [0.5, 0.6) is 0 Å². The van der Waals surface area contributed by atoms with Gasteiger partial charge >= 0.3 is 7.60 Å². The summed E-state index contributed by atoms with van der Waals surface area (Å²) in [6.07, 6.45) is 1.88. The number of benzene rings is 2. The van der Waals surface area contributed by atoms with E-state index in [-0.39, 0.29) is 0 Å². The van der Waals surface area contributed by atoms with Gasteiger partial charge in [0, 0.05) is 28.4 Å². The number of hydrogen-bond acceptors (Lipinski definition) is 4. The number of aromatic amines is 1. The molecule has 0 bridgehead atoms. The van der Waals surface area contributed by atoms with E-state index in [2.05, 4.69) is 10.3 Å². The number of nitrogens with one attached hydrogen (secondary N) is 2. The maximum Gasteiger partial charge on any atom is 0.357 e. The molecule has 3 rings (SSSR count). The Hall–Kier alpha value is -2.07. The van der Waals surface area contributed by atoms with E-state index in [0.717, 1.165) is 27.7 Å². The highest BCUT2D eigenvalue weighted by Crippen LogP contribution is 2.61. The lowest BCUT2D eigenvalue weighted by molar-refractivity contribution is 0.214. The second kappa shape index (κ2) is 8.09. The SMILES string of the molecule is CCOP(=O)(OCC)[C@H](Nc1ccc(C)cc1)c1c[nH]c2ccccc12. The molecule has 2 N–H and O–H groups in total. The third-order valence-electron chi connectivity index (χ3n) is 4.21. The Balaban J connectivity index is 2.08. The van der Waals surface area contributed by atoms with Gasteiger partial charge in [0.1, 0.15) is 0 Å². The molecule has 26 heavy (non-hydrogen) atoms. The number of rotatable bonds is 8. The van der Waals surface area contributed by atoms with Gasteiger partial charge in [-0.2, -0.15) is 0 Å². The van der Waals surface area contributed by atoms with Crippen LogP contribution in [0.15, 0.2) is 54.7 Å². The zero-order valence-electron chi connectivity index (χ0n) is 15.4. The van der Waals surface area contributed by atoms with E-state index < -0.39 is 13.4 Å². The van der Waals surface area contributed by atoms with Crippen LogP contribution in [-0.4, -0.2) is 18.2 Å². The number of H-pyrrole nitrogens is 1. The molecule has 6 heteroatoms. The molecule has 1 aromatic heterocycles. The zero-order chi connectivity index (χ0) is 18.6. The molecule has 1 heterocycles. The lowest BCUT2D eigenvalue weighted by atomic mass is 10.1. The predicted octanol–water partition coefficient (Wildman–Crippen LogP) is 5.85. The Bertz CT molecular complexity index is 895. The van der Waals surface area contributed by atoms with Crippen molar-refractivity contribution >= 4 is 24.2 Å². The Kier molecular flexibility index (Phi) is 5.82. The van der Waals surface area contributed by atoms with E-state index in [1.807, 2.05) is 75.5 Å². The molecule has 138 valence electrons. The van der Waals surface area contributed by atoms with Gasteiger partial charge in [0.25, 0.3) is 0 Å². The largest absolute Gasteiger partial charge is 0.368 e. The van der Waals surface area contributed by atoms with Crippen LogP contribution in [0.3, 0.4) is 0 Å². The molecule has 3 aromatic rings.